The fourth-order valence-electron chi connectivity index (χ4n) is 5.92. The van der Waals surface area contributed by atoms with Gasteiger partial charge in [0.05, 0.1) is 39.1 Å². The number of ether oxygens (including phenoxy) is 6. The predicted molar refractivity (Wildman–Crippen MR) is 159 cm³/mol. The van der Waals surface area contributed by atoms with E-state index in [4.69, 9.17) is 28.4 Å². The van der Waals surface area contributed by atoms with Crippen LogP contribution in [0.4, 0.5) is 0 Å². The molecule has 0 radical (unpaired) electrons. The van der Waals surface area contributed by atoms with E-state index in [-0.39, 0.29) is 0 Å². The van der Waals surface area contributed by atoms with Gasteiger partial charge < -0.3 is 105 Å². The van der Waals surface area contributed by atoms with Crippen molar-refractivity contribution >= 4 is 11.8 Å². The molecule has 3 rings (SSSR count). The monoisotopic (exact) mass is 750 g/mol. The molecule has 0 aromatic heterocycles. The second kappa shape index (κ2) is 19.5. The predicted octanol–water partition coefficient (Wildman–Crippen LogP) is -9.83. The van der Waals surface area contributed by atoms with Crippen molar-refractivity contribution in [3.8, 4) is 0 Å². The van der Waals surface area contributed by atoms with Crippen LogP contribution in [0.5, 0.6) is 0 Å². The number of nitrogens with one attached hydrogen (secondary N) is 2. The number of aliphatic hydroxyl groups excluding tert-OH is 13. The second-order valence-corrected chi connectivity index (χ2v) is 12.4. The summed E-state index contributed by atoms with van der Waals surface area (Å²) < 4.78 is 33.7. The van der Waals surface area contributed by atoms with Crippen LogP contribution in [0.1, 0.15) is 13.8 Å². The summed E-state index contributed by atoms with van der Waals surface area (Å²) in [6, 6.07) is -3.02. The first-order chi connectivity index (χ1) is 24.0. The fraction of sp³-hybridized carbons (Fsp3) is 0.929. The molecule has 0 aromatic rings. The molecule has 0 aliphatic carbocycles. The Balaban J connectivity index is 1.95. The molecule has 23 heteroatoms. The first kappa shape index (κ1) is 43.6. The summed E-state index contributed by atoms with van der Waals surface area (Å²) in [6.07, 6.45) is -31.7. The summed E-state index contributed by atoms with van der Waals surface area (Å²) in [7, 11) is 0. The molecule has 0 saturated carbocycles. The molecule has 0 unspecified atom stereocenters. The Bertz CT molecular complexity index is 1100. The third-order valence-corrected chi connectivity index (χ3v) is 8.67. The average Bonchev–Trinajstić information content (AvgIpc) is 3.10. The summed E-state index contributed by atoms with van der Waals surface area (Å²) >= 11 is 0. The fourth-order valence-corrected chi connectivity index (χ4v) is 5.92. The highest BCUT2D eigenvalue weighted by atomic mass is 16.8. The molecule has 3 aliphatic heterocycles. The van der Waals surface area contributed by atoms with Gasteiger partial charge in [0.25, 0.3) is 0 Å². The van der Waals surface area contributed by atoms with Crippen molar-refractivity contribution in [2.24, 2.45) is 0 Å². The molecule has 0 aromatic carbocycles. The van der Waals surface area contributed by atoms with Crippen LogP contribution in [-0.4, -0.2) is 228 Å². The van der Waals surface area contributed by atoms with Crippen molar-refractivity contribution in [3.63, 3.8) is 0 Å². The smallest absolute Gasteiger partial charge is 0.217 e. The second-order valence-electron chi connectivity index (χ2n) is 12.4. The van der Waals surface area contributed by atoms with E-state index in [0.29, 0.717) is 0 Å². The first-order valence-electron chi connectivity index (χ1n) is 16.0. The quantitative estimate of drug-likeness (QED) is 0.0696. The van der Waals surface area contributed by atoms with Gasteiger partial charge in [-0.15, -0.1) is 0 Å². The van der Waals surface area contributed by atoms with Gasteiger partial charge in [0.2, 0.25) is 11.8 Å². The Labute approximate surface area is 290 Å². The lowest BCUT2D eigenvalue weighted by Crippen LogP contribution is -2.69. The van der Waals surface area contributed by atoms with Gasteiger partial charge in [-0.05, 0) is 0 Å². The lowest BCUT2D eigenvalue weighted by Gasteiger charge is -2.49. The number of carbonyl (C=O) groups excluding carboxylic acids is 2. The lowest BCUT2D eigenvalue weighted by molar-refractivity contribution is -0.386. The molecule has 298 valence electrons. The molecule has 15 N–H and O–H groups in total. The first-order valence-corrected chi connectivity index (χ1v) is 16.0. The van der Waals surface area contributed by atoms with Crippen molar-refractivity contribution in [2.45, 2.75) is 130 Å². The van der Waals surface area contributed by atoms with E-state index < -0.39 is 161 Å². The minimum Gasteiger partial charge on any atom is -0.394 e. The lowest BCUT2D eigenvalue weighted by atomic mass is 9.95. The third-order valence-electron chi connectivity index (χ3n) is 8.67. The summed E-state index contributed by atoms with van der Waals surface area (Å²) in [4.78, 5) is 23.5. The maximum atomic E-state index is 11.9. The standard InChI is InChI=1S/C28H50N2O21/c1-8(36)29-10(3-31)16(39)23(11(38)4-32)49-27-22(45)24(19(42)14(7-35)47-27)50-28-25(21(44)18(41)13(6-34)48-28)51-26-15(30-9(2)37)20(43)17(40)12(5-33)46-26/h10-28,31-35,38-45H,3-7H2,1-2H3,(H,29,36)(H,30,37)/t10-,11+,12+,13+,14+,15+,16+,17+,18+,19+,20+,21-,22-,23+,24-,25-,26-,27-,28+/m0/s1. The Morgan fingerprint density at radius 1 is 0.627 bits per heavy atom. The van der Waals surface area contributed by atoms with E-state index in [9.17, 15) is 76.0 Å². The molecular weight excluding hydrogens is 700 g/mol. The van der Waals surface area contributed by atoms with Crippen molar-refractivity contribution in [3.05, 3.63) is 0 Å². The summed E-state index contributed by atoms with van der Waals surface area (Å²) in [5, 5.41) is 140. The molecular formula is C28H50N2O21. The number of amides is 2. The SMILES string of the molecule is CC(=O)N[C@H]1[C@H](O[C@@H]2[C@@H](O[C@@H]3[C@H](O)[C@H](O[C@@H]([C@H](O)[C@H](CO)NC(C)=O)[C@H](O)CO)O[C@H](CO)[C@H]3O)O[C@H](CO)[C@@H](O)[C@@H]2O)O[C@H](CO)[C@@H](O)[C@@H]1O. The molecule has 0 spiro atoms. The highest BCUT2D eigenvalue weighted by molar-refractivity contribution is 5.73. The van der Waals surface area contributed by atoms with Gasteiger partial charge in [-0.25, -0.2) is 0 Å². The van der Waals surface area contributed by atoms with Crippen LogP contribution in [0.2, 0.25) is 0 Å². The zero-order chi connectivity index (χ0) is 38.3. The van der Waals surface area contributed by atoms with Gasteiger partial charge in [-0.2, -0.15) is 0 Å². The average molecular weight is 751 g/mol. The van der Waals surface area contributed by atoms with E-state index in [2.05, 4.69) is 10.6 Å². The van der Waals surface area contributed by atoms with E-state index in [0.717, 1.165) is 13.8 Å². The van der Waals surface area contributed by atoms with Gasteiger partial charge >= 0.3 is 0 Å². The van der Waals surface area contributed by atoms with Crippen LogP contribution < -0.4 is 10.6 Å². The van der Waals surface area contributed by atoms with Crippen molar-refractivity contribution in [2.75, 3.05) is 33.0 Å². The molecule has 23 nitrogen and oxygen atoms in total. The number of carbonyl (C=O) groups is 2. The van der Waals surface area contributed by atoms with E-state index in [1.165, 1.54) is 0 Å². The number of hydrogen-bond donors (Lipinski definition) is 15. The number of rotatable bonds is 16. The summed E-state index contributed by atoms with van der Waals surface area (Å²) in [5.74, 6) is -1.43. The summed E-state index contributed by atoms with van der Waals surface area (Å²) in [5.41, 5.74) is 0. The van der Waals surface area contributed by atoms with Crippen LogP contribution in [0.15, 0.2) is 0 Å². The van der Waals surface area contributed by atoms with Gasteiger partial charge in [0.1, 0.15) is 91.5 Å². The number of aliphatic hydroxyl groups is 13. The van der Waals surface area contributed by atoms with Crippen molar-refractivity contribution < 1.29 is 104 Å². The Hall–Kier alpha value is -1.82. The molecule has 19 atom stereocenters. The Morgan fingerprint density at radius 3 is 1.65 bits per heavy atom. The normalized spacial score (nSPS) is 41.3. The van der Waals surface area contributed by atoms with Crippen LogP contribution >= 0.6 is 0 Å². The minimum absolute atomic E-state index is 0.700. The molecule has 51 heavy (non-hydrogen) atoms. The van der Waals surface area contributed by atoms with Crippen LogP contribution in [0.25, 0.3) is 0 Å². The van der Waals surface area contributed by atoms with E-state index >= 15 is 0 Å². The Kier molecular flexibility index (Phi) is 16.7. The summed E-state index contributed by atoms with van der Waals surface area (Å²) in [6.45, 7) is -2.52. The molecule has 3 saturated heterocycles. The molecule has 3 aliphatic rings. The van der Waals surface area contributed by atoms with Gasteiger partial charge in [-0.1, -0.05) is 0 Å². The van der Waals surface area contributed by atoms with Gasteiger partial charge in [0.15, 0.2) is 18.9 Å². The van der Waals surface area contributed by atoms with Crippen LogP contribution in [0, 0.1) is 0 Å². The zero-order valence-electron chi connectivity index (χ0n) is 27.6. The van der Waals surface area contributed by atoms with Gasteiger partial charge in [0, 0.05) is 13.8 Å². The number of hydrogen-bond acceptors (Lipinski definition) is 21. The highest BCUT2D eigenvalue weighted by Gasteiger charge is 2.55. The molecule has 3 fully saturated rings. The minimum atomic E-state index is -2.15. The highest BCUT2D eigenvalue weighted by Crippen LogP contribution is 2.34. The molecule has 3 heterocycles. The van der Waals surface area contributed by atoms with Gasteiger partial charge in [-0.3, -0.25) is 9.59 Å². The maximum absolute atomic E-state index is 11.9. The van der Waals surface area contributed by atoms with E-state index in [1.54, 1.807) is 0 Å². The Morgan fingerprint density at radius 2 is 1.14 bits per heavy atom. The molecule has 2 amide bonds. The van der Waals surface area contributed by atoms with Crippen LogP contribution in [-0.2, 0) is 38.0 Å². The zero-order valence-corrected chi connectivity index (χ0v) is 27.6. The van der Waals surface area contributed by atoms with E-state index in [1.807, 2.05) is 0 Å². The maximum Gasteiger partial charge on any atom is 0.217 e. The van der Waals surface area contributed by atoms with Crippen LogP contribution in [0.3, 0.4) is 0 Å². The van der Waals surface area contributed by atoms with Crippen molar-refractivity contribution in [1.82, 2.24) is 10.6 Å². The topological polar surface area (TPSA) is 377 Å². The van der Waals surface area contributed by atoms with Crippen molar-refractivity contribution in [1.29, 1.82) is 0 Å². The molecule has 0 bridgehead atoms. The largest absolute Gasteiger partial charge is 0.394 e. The third kappa shape index (κ3) is 10.2.